The van der Waals surface area contributed by atoms with Crippen LogP contribution in [0.5, 0.6) is 0 Å². The smallest absolute Gasteiger partial charge is 0.224 e. The number of halogens is 3. The topological polar surface area (TPSA) is 97.1 Å². The highest BCUT2D eigenvalue weighted by molar-refractivity contribution is 5.76. The van der Waals surface area contributed by atoms with Crippen LogP contribution in [-0.4, -0.2) is 50.0 Å². The van der Waals surface area contributed by atoms with Crippen LogP contribution in [0.3, 0.4) is 0 Å². The number of aromatic nitrogens is 4. The van der Waals surface area contributed by atoms with E-state index < -0.39 is 48.0 Å². The van der Waals surface area contributed by atoms with Crippen molar-refractivity contribution in [3.05, 3.63) is 35.8 Å². The van der Waals surface area contributed by atoms with E-state index in [4.69, 9.17) is 10.2 Å². The molecule has 0 radical (unpaired) electrons. The van der Waals surface area contributed by atoms with E-state index in [0.29, 0.717) is 25.2 Å². The van der Waals surface area contributed by atoms with Crippen LogP contribution in [0.15, 0.2) is 18.3 Å². The normalized spacial score (nSPS) is 31.6. The Morgan fingerprint density at radius 1 is 1.19 bits per heavy atom. The fourth-order valence-corrected chi connectivity index (χ4v) is 3.76. The first kappa shape index (κ1) is 16.7. The highest BCUT2D eigenvalue weighted by atomic mass is 19.1. The molecule has 0 spiro atoms. The number of anilines is 3. The first-order valence-electron chi connectivity index (χ1n) is 12.2. The molecule has 1 aromatic carbocycles. The summed E-state index contributed by atoms with van der Waals surface area (Å²) >= 11 is 0. The van der Waals surface area contributed by atoms with Gasteiger partial charge in [0.25, 0.3) is 0 Å². The molecule has 2 aliphatic rings. The van der Waals surface area contributed by atoms with Crippen molar-refractivity contribution in [1.82, 2.24) is 19.5 Å². The minimum atomic E-state index is -2.42. The van der Waals surface area contributed by atoms with Crippen LogP contribution < -0.4 is 10.6 Å². The van der Waals surface area contributed by atoms with Gasteiger partial charge in [-0.1, -0.05) is 0 Å². The van der Waals surface area contributed by atoms with Crippen LogP contribution in [0.4, 0.5) is 30.8 Å². The maximum absolute atomic E-state index is 14.3. The van der Waals surface area contributed by atoms with E-state index in [1.165, 1.54) is 6.20 Å². The van der Waals surface area contributed by atoms with Crippen molar-refractivity contribution < 1.29 is 28.5 Å². The number of aliphatic hydroxyl groups is 1. The molecule has 3 heterocycles. The predicted molar refractivity (Wildman–Crippen MR) is 111 cm³/mol. The Kier molecular flexibility index (Phi) is 4.45. The quantitative estimate of drug-likeness (QED) is 0.544. The molecule has 32 heavy (non-hydrogen) atoms. The molecule has 0 bridgehead atoms. The van der Waals surface area contributed by atoms with Crippen LogP contribution in [-0.2, 0) is 4.74 Å². The lowest BCUT2D eigenvalue weighted by molar-refractivity contribution is 0.126. The SMILES string of the molecule is [2H]C1C(O)CCC([2H])(Nc2ncc3nc(Nc4c(F)cc(F)cc4F)n(C4CCOC4)c3n2)C1([2H])[2H]. The molecule has 1 saturated carbocycles. The van der Waals surface area contributed by atoms with E-state index in [1.807, 2.05) is 0 Å². The molecule has 1 saturated heterocycles. The van der Waals surface area contributed by atoms with Gasteiger partial charge in [0.05, 0.1) is 26.3 Å². The van der Waals surface area contributed by atoms with Gasteiger partial charge in [-0.25, -0.2) is 23.1 Å². The van der Waals surface area contributed by atoms with Crippen molar-refractivity contribution in [2.75, 3.05) is 23.8 Å². The largest absolute Gasteiger partial charge is 0.393 e. The highest BCUT2D eigenvalue weighted by Crippen LogP contribution is 2.32. The number of imidazole rings is 1. The summed E-state index contributed by atoms with van der Waals surface area (Å²) in [6.45, 7) is 0.702. The average Bonchev–Trinajstić information content (AvgIpc) is 3.45. The van der Waals surface area contributed by atoms with Crippen molar-refractivity contribution in [3.8, 4) is 0 Å². The molecule has 4 unspecified atom stereocenters. The van der Waals surface area contributed by atoms with Gasteiger partial charge in [0, 0.05) is 28.9 Å². The molecule has 3 N–H and O–H groups in total. The maximum atomic E-state index is 14.3. The first-order chi connectivity index (χ1) is 17.0. The molecule has 11 heteroatoms. The van der Waals surface area contributed by atoms with E-state index in [9.17, 15) is 18.3 Å². The van der Waals surface area contributed by atoms with E-state index in [0.717, 1.165) is 0 Å². The van der Waals surface area contributed by atoms with Crippen LogP contribution in [0, 0.1) is 17.5 Å². The lowest BCUT2D eigenvalue weighted by atomic mass is 9.93. The summed E-state index contributed by atoms with van der Waals surface area (Å²) in [5, 5.41) is 15.2. The second-order valence-corrected chi connectivity index (χ2v) is 7.62. The Labute approximate surface area is 187 Å². The third kappa shape index (κ3) is 4.09. The number of ether oxygens (including phenoxy) is 1. The summed E-state index contributed by atoms with van der Waals surface area (Å²) in [6, 6.07) is -1.22. The number of fused-ring (bicyclic) bond motifs is 1. The zero-order valence-corrected chi connectivity index (χ0v) is 16.8. The molecule has 1 aliphatic carbocycles. The monoisotopic (exact) mass is 452 g/mol. The van der Waals surface area contributed by atoms with E-state index in [1.54, 1.807) is 4.57 Å². The summed E-state index contributed by atoms with van der Waals surface area (Å²) < 4.78 is 82.2. The van der Waals surface area contributed by atoms with Gasteiger partial charge in [-0.3, -0.25) is 4.57 Å². The third-order valence-corrected chi connectivity index (χ3v) is 5.35. The van der Waals surface area contributed by atoms with Crippen molar-refractivity contribution in [1.29, 1.82) is 0 Å². The fourth-order valence-electron chi connectivity index (χ4n) is 3.76. The number of benzene rings is 1. The first-order valence-corrected chi connectivity index (χ1v) is 10.1. The van der Waals surface area contributed by atoms with Gasteiger partial charge in [-0.05, 0) is 32.0 Å². The Bertz CT molecular complexity index is 1290. The molecule has 3 aromatic rings. The Morgan fingerprint density at radius 3 is 2.75 bits per heavy atom. The summed E-state index contributed by atoms with van der Waals surface area (Å²) in [4.78, 5) is 12.9. The van der Waals surface area contributed by atoms with Crippen molar-refractivity contribution in [3.63, 3.8) is 0 Å². The molecule has 2 fully saturated rings. The summed E-state index contributed by atoms with van der Waals surface area (Å²) in [5.41, 5.74) is -0.119. The van der Waals surface area contributed by atoms with Crippen LogP contribution in [0.1, 0.15) is 43.6 Å². The second-order valence-electron chi connectivity index (χ2n) is 7.62. The van der Waals surface area contributed by atoms with Crippen LogP contribution in [0.25, 0.3) is 11.2 Å². The second kappa shape index (κ2) is 8.55. The van der Waals surface area contributed by atoms with Gasteiger partial charge in [0.15, 0.2) is 17.3 Å². The number of hydrogen-bond acceptors (Lipinski definition) is 7. The average molecular weight is 452 g/mol. The van der Waals surface area contributed by atoms with Gasteiger partial charge in [0.2, 0.25) is 11.9 Å². The standard InChI is InChI=1S/C21H23F3N6O2/c22-11-7-15(23)18(16(24)8-11)28-21-27-17-9-25-20(26-12-1-3-14(31)4-2-12)29-19(17)30(21)13-5-6-32-10-13/h7-9,12-14,31H,1-6,10H2,(H,27,28)(H,25,26,29)/i1D2,3D,12D. The molecule has 1 aliphatic heterocycles. The van der Waals surface area contributed by atoms with E-state index in [2.05, 4.69) is 25.6 Å². The fraction of sp³-hybridized carbons (Fsp3) is 0.476. The van der Waals surface area contributed by atoms with Gasteiger partial charge in [-0.2, -0.15) is 4.98 Å². The molecule has 5 rings (SSSR count). The van der Waals surface area contributed by atoms with Crippen LogP contribution in [0.2, 0.25) is 0 Å². The molecular weight excluding hydrogens is 425 g/mol. The minimum Gasteiger partial charge on any atom is -0.393 e. The number of nitrogens with zero attached hydrogens (tertiary/aromatic N) is 4. The summed E-state index contributed by atoms with van der Waals surface area (Å²) in [5.74, 6) is -3.46. The van der Waals surface area contributed by atoms with Crippen molar-refractivity contribution >= 4 is 28.7 Å². The van der Waals surface area contributed by atoms with E-state index >= 15 is 0 Å². The van der Waals surface area contributed by atoms with Gasteiger partial charge in [-0.15, -0.1) is 0 Å². The number of hydrogen-bond donors (Lipinski definition) is 3. The Hall–Kier alpha value is -2.92. The van der Waals surface area contributed by atoms with Crippen LogP contribution >= 0.6 is 0 Å². The highest BCUT2D eigenvalue weighted by Gasteiger charge is 2.27. The molecular formula is C21H23F3N6O2. The molecule has 8 nitrogen and oxygen atoms in total. The minimum absolute atomic E-state index is 0.0132. The predicted octanol–water partition coefficient (Wildman–Crippen LogP) is 3.66. The third-order valence-electron chi connectivity index (χ3n) is 5.35. The molecule has 0 amide bonds. The maximum Gasteiger partial charge on any atom is 0.224 e. The van der Waals surface area contributed by atoms with E-state index in [-0.39, 0.29) is 48.6 Å². The van der Waals surface area contributed by atoms with Gasteiger partial charge < -0.3 is 20.5 Å². The molecule has 170 valence electrons. The summed E-state index contributed by atoms with van der Waals surface area (Å²) in [6.07, 6.45) is -3.35. The number of nitrogens with one attached hydrogen (secondary N) is 2. The Morgan fingerprint density at radius 2 is 2.00 bits per heavy atom. The zero-order valence-electron chi connectivity index (χ0n) is 20.8. The Balaban J connectivity index is 1.55. The van der Waals surface area contributed by atoms with Crippen molar-refractivity contribution in [2.24, 2.45) is 0 Å². The zero-order chi connectivity index (χ0) is 25.8. The van der Waals surface area contributed by atoms with Gasteiger partial charge >= 0.3 is 0 Å². The lowest BCUT2D eigenvalue weighted by Gasteiger charge is -2.26. The summed E-state index contributed by atoms with van der Waals surface area (Å²) in [7, 11) is 0. The number of aliphatic hydroxyl groups excluding tert-OH is 1. The molecule has 4 atom stereocenters. The lowest BCUT2D eigenvalue weighted by Crippen LogP contribution is -2.29. The van der Waals surface area contributed by atoms with Gasteiger partial charge in [0.1, 0.15) is 17.0 Å². The van der Waals surface area contributed by atoms with Crippen molar-refractivity contribution in [2.45, 2.75) is 50.2 Å². The molecule has 2 aromatic heterocycles. The number of rotatable bonds is 5.